The number of phenols is 1. The molecule has 0 amide bonds. The van der Waals surface area contributed by atoms with Crippen LogP contribution in [-0.2, 0) is 13.2 Å². The van der Waals surface area contributed by atoms with Gasteiger partial charge in [0, 0.05) is 18.4 Å². The van der Waals surface area contributed by atoms with E-state index >= 15 is 0 Å². The summed E-state index contributed by atoms with van der Waals surface area (Å²) in [7, 11) is 0. The fourth-order valence-corrected chi connectivity index (χ4v) is 1.78. The fraction of sp³-hybridized carbons (Fsp3) is 0.308. The third-order valence-corrected chi connectivity index (χ3v) is 2.68. The minimum atomic E-state index is 0.152. The van der Waals surface area contributed by atoms with Gasteiger partial charge < -0.3 is 14.4 Å². The minimum absolute atomic E-state index is 0.152. The highest BCUT2D eigenvalue weighted by Crippen LogP contribution is 2.25. The van der Waals surface area contributed by atoms with Crippen molar-refractivity contribution >= 4 is 0 Å². The molecule has 0 saturated heterocycles. The van der Waals surface area contributed by atoms with Gasteiger partial charge >= 0.3 is 0 Å². The maximum atomic E-state index is 9.57. The van der Waals surface area contributed by atoms with Gasteiger partial charge in [-0.1, -0.05) is 12.1 Å². The van der Waals surface area contributed by atoms with Gasteiger partial charge in [-0.15, -0.1) is 0 Å². The number of phenolic OH excluding ortho intramolecular Hbond substituents is 1. The van der Waals surface area contributed by atoms with Gasteiger partial charge in [-0.2, -0.15) is 0 Å². The quantitative estimate of drug-likeness (QED) is 0.881. The van der Waals surface area contributed by atoms with Gasteiger partial charge in [0.25, 0.3) is 0 Å². The number of aromatic hydroxyl groups is 1. The molecule has 0 fully saturated rings. The lowest BCUT2D eigenvalue weighted by atomic mass is 10.3. The summed E-state index contributed by atoms with van der Waals surface area (Å²) in [6, 6.07) is 6.93. The Morgan fingerprint density at radius 2 is 2.12 bits per heavy atom. The Hall–Kier alpha value is -1.97. The molecule has 0 bridgehead atoms. The number of para-hydroxylation sites is 2. The maximum Gasteiger partial charge on any atom is 0.161 e. The summed E-state index contributed by atoms with van der Waals surface area (Å²) in [5.74, 6) is 1.50. The van der Waals surface area contributed by atoms with Gasteiger partial charge in [0.1, 0.15) is 12.4 Å². The number of hydrogen-bond acceptors (Lipinski definition) is 3. The van der Waals surface area contributed by atoms with E-state index in [9.17, 15) is 5.11 Å². The van der Waals surface area contributed by atoms with Crippen LogP contribution in [0.1, 0.15) is 18.4 Å². The lowest BCUT2D eigenvalue weighted by molar-refractivity contribution is 0.275. The first-order valence-electron chi connectivity index (χ1n) is 5.64. The molecule has 1 N–H and O–H groups in total. The first-order valence-corrected chi connectivity index (χ1v) is 5.64. The van der Waals surface area contributed by atoms with Crippen LogP contribution in [-0.4, -0.2) is 14.7 Å². The van der Waals surface area contributed by atoms with E-state index in [1.807, 2.05) is 19.2 Å². The SMILES string of the molecule is CCn1c(C)cnc1COc1ccccc1O. The van der Waals surface area contributed by atoms with Crippen LogP contribution in [0, 0.1) is 6.92 Å². The van der Waals surface area contributed by atoms with E-state index in [0.717, 1.165) is 18.1 Å². The minimum Gasteiger partial charge on any atom is -0.504 e. The van der Waals surface area contributed by atoms with Crippen molar-refractivity contribution in [3.63, 3.8) is 0 Å². The predicted octanol–water partition coefficient (Wildman–Crippen LogP) is 2.50. The Morgan fingerprint density at radius 3 is 2.82 bits per heavy atom. The van der Waals surface area contributed by atoms with Crippen LogP contribution in [0.3, 0.4) is 0 Å². The summed E-state index contributed by atoms with van der Waals surface area (Å²) >= 11 is 0. The molecule has 17 heavy (non-hydrogen) atoms. The number of aryl methyl sites for hydroxylation is 1. The maximum absolute atomic E-state index is 9.57. The average Bonchev–Trinajstić information content (AvgIpc) is 2.69. The summed E-state index contributed by atoms with van der Waals surface area (Å²) < 4.78 is 7.63. The van der Waals surface area contributed by atoms with Gasteiger partial charge in [-0.05, 0) is 26.0 Å². The second-order valence-electron chi connectivity index (χ2n) is 3.82. The Bertz CT molecular complexity index is 506. The molecule has 0 aliphatic rings. The smallest absolute Gasteiger partial charge is 0.161 e. The van der Waals surface area contributed by atoms with Gasteiger partial charge in [-0.25, -0.2) is 4.98 Å². The number of ether oxygens (including phenoxy) is 1. The van der Waals surface area contributed by atoms with Crippen molar-refractivity contribution in [2.45, 2.75) is 27.0 Å². The van der Waals surface area contributed by atoms with Crippen LogP contribution in [0.2, 0.25) is 0 Å². The van der Waals surface area contributed by atoms with E-state index in [4.69, 9.17) is 4.74 Å². The molecule has 0 aliphatic heterocycles. The summed E-state index contributed by atoms with van der Waals surface area (Å²) in [5, 5.41) is 9.57. The first-order chi connectivity index (χ1) is 8.22. The largest absolute Gasteiger partial charge is 0.504 e. The molecule has 1 aromatic carbocycles. The average molecular weight is 232 g/mol. The number of imidazole rings is 1. The van der Waals surface area contributed by atoms with Crippen LogP contribution in [0.4, 0.5) is 0 Å². The standard InChI is InChI=1S/C13H16N2O2/c1-3-15-10(2)8-14-13(15)9-17-12-7-5-4-6-11(12)16/h4-8,16H,3,9H2,1-2H3. The highest BCUT2D eigenvalue weighted by molar-refractivity contribution is 5.37. The molecule has 0 aliphatic carbocycles. The molecule has 0 unspecified atom stereocenters. The van der Waals surface area contributed by atoms with Gasteiger partial charge in [0.05, 0.1) is 0 Å². The Balaban J connectivity index is 2.10. The van der Waals surface area contributed by atoms with E-state index in [-0.39, 0.29) is 5.75 Å². The van der Waals surface area contributed by atoms with Crippen LogP contribution < -0.4 is 4.74 Å². The molecule has 1 aromatic heterocycles. The highest BCUT2D eigenvalue weighted by Gasteiger charge is 2.07. The zero-order valence-corrected chi connectivity index (χ0v) is 10.1. The second-order valence-corrected chi connectivity index (χ2v) is 3.82. The van der Waals surface area contributed by atoms with Crippen molar-refractivity contribution in [1.82, 2.24) is 9.55 Å². The second kappa shape index (κ2) is 4.91. The van der Waals surface area contributed by atoms with Crippen molar-refractivity contribution < 1.29 is 9.84 Å². The van der Waals surface area contributed by atoms with Crippen molar-refractivity contribution in [3.8, 4) is 11.5 Å². The Kier molecular flexibility index (Phi) is 3.32. The number of nitrogens with zero attached hydrogens (tertiary/aromatic N) is 2. The Labute approximate surface area is 100 Å². The third kappa shape index (κ3) is 2.41. The first kappa shape index (κ1) is 11.5. The molecule has 0 atom stereocenters. The summed E-state index contributed by atoms with van der Waals surface area (Å²) in [6.45, 7) is 5.31. The van der Waals surface area contributed by atoms with Gasteiger partial charge in [-0.3, -0.25) is 0 Å². The molecule has 0 radical (unpaired) electrons. The number of hydrogen-bond donors (Lipinski definition) is 1. The van der Waals surface area contributed by atoms with E-state index in [1.165, 1.54) is 0 Å². The summed E-state index contributed by atoms with van der Waals surface area (Å²) in [5.41, 5.74) is 1.11. The fourth-order valence-electron chi connectivity index (χ4n) is 1.78. The van der Waals surface area contributed by atoms with Crippen molar-refractivity contribution in [1.29, 1.82) is 0 Å². The van der Waals surface area contributed by atoms with E-state index in [2.05, 4.69) is 16.5 Å². The summed E-state index contributed by atoms with van der Waals surface area (Å²) in [4.78, 5) is 4.29. The van der Waals surface area contributed by atoms with E-state index in [1.54, 1.807) is 18.2 Å². The van der Waals surface area contributed by atoms with E-state index in [0.29, 0.717) is 12.4 Å². The lowest BCUT2D eigenvalue weighted by Gasteiger charge is -2.09. The topological polar surface area (TPSA) is 47.3 Å². The molecule has 90 valence electrons. The van der Waals surface area contributed by atoms with Crippen molar-refractivity contribution in [2.24, 2.45) is 0 Å². The number of aromatic nitrogens is 2. The van der Waals surface area contributed by atoms with Crippen molar-refractivity contribution in [3.05, 3.63) is 42.0 Å². The van der Waals surface area contributed by atoms with Crippen LogP contribution in [0.5, 0.6) is 11.5 Å². The third-order valence-electron chi connectivity index (χ3n) is 2.68. The van der Waals surface area contributed by atoms with Gasteiger partial charge in [0.15, 0.2) is 11.5 Å². The van der Waals surface area contributed by atoms with Crippen molar-refractivity contribution in [2.75, 3.05) is 0 Å². The van der Waals surface area contributed by atoms with Gasteiger partial charge in [0.2, 0.25) is 0 Å². The number of benzene rings is 1. The molecular weight excluding hydrogens is 216 g/mol. The molecule has 1 heterocycles. The lowest BCUT2D eigenvalue weighted by Crippen LogP contribution is -2.07. The highest BCUT2D eigenvalue weighted by atomic mass is 16.5. The number of rotatable bonds is 4. The normalized spacial score (nSPS) is 10.5. The van der Waals surface area contributed by atoms with Crippen LogP contribution in [0.25, 0.3) is 0 Å². The molecule has 2 aromatic rings. The molecular formula is C13H16N2O2. The molecule has 0 saturated carbocycles. The Morgan fingerprint density at radius 1 is 1.35 bits per heavy atom. The monoisotopic (exact) mass is 232 g/mol. The molecule has 0 spiro atoms. The summed E-state index contributed by atoms with van der Waals surface area (Å²) in [6.07, 6.45) is 1.83. The zero-order chi connectivity index (χ0) is 12.3. The van der Waals surface area contributed by atoms with Crippen LogP contribution in [0.15, 0.2) is 30.5 Å². The molecule has 4 nitrogen and oxygen atoms in total. The predicted molar refractivity (Wildman–Crippen MR) is 65.1 cm³/mol. The van der Waals surface area contributed by atoms with Crippen LogP contribution >= 0.6 is 0 Å². The van der Waals surface area contributed by atoms with E-state index < -0.39 is 0 Å². The molecule has 2 rings (SSSR count). The molecule has 4 heteroatoms. The zero-order valence-electron chi connectivity index (χ0n) is 10.1.